The lowest BCUT2D eigenvalue weighted by atomic mass is 10.1. The molecule has 0 atom stereocenters. The fraction of sp³-hybridized carbons (Fsp3) is 0.538. The number of rotatable bonds is 6. The van der Waals surface area contributed by atoms with Gasteiger partial charge in [0.15, 0.2) is 0 Å². The van der Waals surface area contributed by atoms with Crippen LogP contribution in [0.3, 0.4) is 0 Å². The lowest BCUT2D eigenvalue weighted by Gasteiger charge is -2.20. The first-order valence-electron chi connectivity index (χ1n) is 6.53. The first-order valence-corrected chi connectivity index (χ1v) is 7.97. The molecule has 0 unspecified atom stereocenters. The Morgan fingerprint density at radius 1 is 1.32 bits per heavy atom. The second kappa shape index (κ2) is 6.00. The minimum absolute atomic E-state index is 0.0391. The summed E-state index contributed by atoms with van der Waals surface area (Å²) in [5.41, 5.74) is 7.87. The molecule has 1 aliphatic carbocycles. The summed E-state index contributed by atoms with van der Waals surface area (Å²) in [6, 6.07) is 8.05. The Labute approximate surface area is 115 Å². The van der Waals surface area contributed by atoms with Crippen LogP contribution < -0.4 is 10.5 Å². The van der Waals surface area contributed by atoms with E-state index in [2.05, 4.69) is 16.9 Å². The number of benzene rings is 1. The molecule has 0 heterocycles. The molecule has 0 saturated carbocycles. The molecule has 0 saturated heterocycles. The second-order valence-electron chi connectivity index (χ2n) is 4.96. The van der Waals surface area contributed by atoms with E-state index in [4.69, 9.17) is 5.73 Å². The molecule has 0 bridgehead atoms. The molecule has 0 fully saturated rings. The third-order valence-electron chi connectivity index (χ3n) is 3.45. The van der Waals surface area contributed by atoms with E-state index in [0.29, 0.717) is 19.5 Å². The summed E-state index contributed by atoms with van der Waals surface area (Å²) >= 11 is 0. The van der Waals surface area contributed by atoms with Crippen molar-refractivity contribution in [3.05, 3.63) is 35.4 Å². The molecule has 1 aliphatic rings. The fourth-order valence-corrected chi connectivity index (χ4v) is 3.51. The van der Waals surface area contributed by atoms with Crippen LogP contribution in [0.1, 0.15) is 17.5 Å². The van der Waals surface area contributed by atoms with Gasteiger partial charge in [-0.1, -0.05) is 24.3 Å². The van der Waals surface area contributed by atoms with Gasteiger partial charge < -0.3 is 5.73 Å². The van der Waals surface area contributed by atoms with E-state index in [1.807, 2.05) is 12.1 Å². The van der Waals surface area contributed by atoms with Crippen LogP contribution in [0.2, 0.25) is 0 Å². The van der Waals surface area contributed by atoms with Crippen LogP contribution in [-0.2, 0) is 23.1 Å². The predicted octanol–water partition coefficient (Wildman–Crippen LogP) is 0.269. The van der Waals surface area contributed by atoms with Crippen LogP contribution in [0.15, 0.2) is 24.3 Å². The topological polar surface area (TPSA) is 75.4 Å². The quantitative estimate of drug-likeness (QED) is 0.787. The highest BCUT2D eigenvalue weighted by molar-refractivity contribution is 7.87. The van der Waals surface area contributed by atoms with E-state index in [0.717, 1.165) is 12.8 Å². The maximum Gasteiger partial charge on any atom is 0.279 e. The maximum absolute atomic E-state index is 12.1. The van der Waals surface area contributed by atoms with Crippen molar-refractivity contribution < 1.29 is 8.42 Å². The van der Waals surface area contributed by atoms with Gasteiger partial charge in [0, 0.05) is 19.6 Å². The Balaban J connectivity index is 1.96. The average molecular weight is 283 g/mol. The standard InChI is InChI=1S/C13H21N3O2S/c1-16(8-4-7-14)19(17,18)15-13-9-11-5-2-3-6-12(11)10-13/h2-3,5-6,13,15H,4,7-10,14H2,1H3. The summed E-state index contributed by atoms with van der Waals surface area (Å²) in [5, 5.41) is 0. The molecule has 1 aromatic rings. The molecule has 0 amide bonds. The normalized spacial score (nSPS) is 15.9. The van der Waals surface area contributed by atoms with Gasteiger partial charge in [-0.05, 0) is 36.9 Å². The number of nitrogens with zero attached hydrogens (tertiary/aromatic N) is 1. The van der Waals surface area contributed by atoms with Crippen LogP contribution in [-0.4, -0.2) is 38.9 Å². The van der Waals surface area contributed by atoms with Gasteiger partial charge in [-0.3, -0.25) is 0 Å². The summed E-state index contributed by atoms with van der Waals surface area (Å²) < 4.78 is 28.3. The van der Waals surface area contributed by atoms with Crippen LogP contribution in [0.5, 0.6) is 0 Å². The molecule has 0 aromatic heterocycles. The van der Waals surface area contributed by atoms with Crippen molar-refractivity contribution in [2.45, 2.75) is 25.3 Å². The highest BCUT2D eigenvalue weighted by atomic mass is 32.2. The molecule has 1 aromatic carbocycles. The maximum atomic E-state index is 12.1. The second-order valence-corrected chi connectivity index (χ2v) is 6.77. The molecule has 106 valence electrons. The molecule has 3 N–H and O–H groups in total. The summed E-state index contributed by atoms with van der Waals surface area (Å²) in [5.74, 6) is 0. The van der Waals surface area contributed by atoms with Crippen molar-refractivity contribution >= 4 is 10.2 Å². The van der Waals surface area contributed by atoms with Gasteiger partial charge in [0.05, 0.1) is 0 Å². The molecule has 6 heteroatoms. The SMILES string of the molecule is CN(CCCN)S(=O)(=O)NC1Cc2ccccc2C1. The molecule has 19 heavy (non-hydrogen) atoms. The zero-order chi connectivity index (χ0) is 13.9. The number of fused-ring (bicyclic) bond motifs is 1. The Morgan fingerprint density at radius 3 is 2.42 bits per heavy atom. The summed E-state index contributed by atoms with van der Waals surface area (Å²) in [6.45, 7) is 0.945. The lowest BCUT2D eigenvalue weighted by molar-refractivity contribution is 0.443. The Hall–Kier alpha value is -0.950. The Morgan fingerprint density at radius 2 is 1.89 bits per heavy atom. The van der Waals surface area contributed by atoms with Crippen molar-refractivity contribution in [3.8, 4) is 0 Å². The Bertz CT molecular complexity index is 505. The van der Waals surface area contributed by atoms with Gasteiger partial charge in [0.25, 0.3) is 10.2 Å². The van der Waals surface area contributed by atoms with Crippen LogP contribution in [0.4, 0.5) is 0 Å². The van der Waals surface area contributed by atoms with E-state index >= 15 is 0 Å². The summed E-state index contributed by atoms with van der Waals surface area (Å²) in [4.78, 5) is 0. The van der Waals surface area contributed by atoms with Crippen molar-refractivity contribution in [2.75, 3.05) is 20.1 Å². The third kappa shape index (κ3) is 3.54. The monoisotopic (exact) mass is 283 g/mol. The van der Waals surface area contributed by atoms with Gasteiger partial charge in [-0.15, -0.1) is 0 Å². The zero-order valence-corrected chi connectivity index (χ0v) is 12.0. The van der Waals surface area contributed by atoms with Gasteiger partial charge in [0.2, 0.25) is 0 Å². The largest absolute Gasteiger partial charge is 0.330 e. The molecule has 0 spiro atoms. The highest BCUT2D eigenvalue weighted by Gasteiger charge is 2.27. The van der Waals surface area contributed by atoms with E-state index < -0.39 is 10.2 Å². The van der Waals surface area contributed by atoms with E-state index in [1.54, 1.807) is 7.05 Å². The Kier molecular flexibility index (Phi) is 4.57. The number of nitrogens with one attached hydrogen (secondary N) is 1. The lowest BCUT2D eigenvalue weighted by Crippen LogP contribution is -2.44. The molecule has 0 radical (unpaired) electrons. The van der Waals surface area contributed by atoms with Gasteiger partial charge >= 0.3 is 0 Å². The fourth-order valence-electron chi connectivity index (χ4n) is 2.38. The van der Waals surface area contributed by atoms with Crippen molar-refractivity contribution in [3.63, 3.8) is 0 Å². The zero-order valence-electron chi connectivity index (χ0n) is 11.2. The third-order valence-corrected chi connectivity index (χ3v) is 5.09. The van der Waals surface area contributed by atoms with Crippen LogP contribution in [0, 0.1) is 0 Å². The minimum atomic E-state index is -3.41. The molecular formula is C13H21N3O2S. The van der Waals surface area contributed by atoms with E-state index in [-0.39, 0.29) is 6.04 Å². The van der Waals surface area contributed by atoms with Gasteiger partial charge in [-0.25, -0.2) is 0 Å². The van der Waals surface area contributed by atoms with Crippen LogP contribution >= 0.6 is 0 Å². The smallest absolute Gasteiger partial charge is 0.279 e. The number of hydrogen-bond acceptors (Lipinski definition) is 3. The first kappa shape index (κ1) is 14.5. The van der Waals surface area contributed by atoms with Crippen molar-refractivity contribution in [1.82, 2.24) is 9.03 Å². The summed E-state index contributed by atoms with van der Waals surface area (Å²) in [7, 11) is -1.82. The summed E-state index contributed by atoms with van der Waals surface area (Å²) in [6.07, 6.45) is 2.20. The van der Waals surface area contributed by atoms with Crippen LogP contribution in [0.25, 0.3) is 0 Å². The van der Waals surface area contributed by atoms with Crippen molar-refractivity contribution in [1.29, 1.82) is 0 Å². The number of nitrogens with two attached hydrogens (primary N) is 1. The minimum Gasteiger partial charge on any atom is -0.330 e. The van der Waals surface area contributed by atoms with E-state index in [9.17, 15) is 8.42 Å². The highest BCUT2D eigenvalue weighted by Crippen LogP contribution is 2.22. The molecule has 0 aliphatic heterocycles. The predicted molar refractivity (Wildman–Crippen MR) is 76.0 cm³/mol. The number of hydrogen-bond donors (Lipinski definition) is 2. The first-order chi connectivity index (χ1) is 9.03. The van der Waals surface area contributed by atoms with Gasteiger partial charge in [0.1, 0.15) is 0 Å². The molecule has 2 rings (SSSR count). The van der Waals surface area contributed by atoms with Gasteiger partial charge in [-0.2, -0.15) is 17.4 Å². The molecular weight excluding hydrogens is 262 g/mol. The van der Waals surface area contributed by atoms with Crippen molar-refractivity contribution in [2.24, 2.45) is 5.73 Å². The average Bonchev–Trinajstić information content (AvgIpc) is 2.76. The van der Waals surface area contributed by atoms with E-state index in [1.165, 1.54) is 15.4 Å². The molecule has 5 nitrogen and oxygen atoms in total.